The summed E-state index contributed by atoms with van der Waals surface area (Å²) in [4.78, 5) is 19.8. The molecule has 0 rings (SSSR count). The number of hydrogen-bond donors (Lipinski definition) is 2. The molecule has 0 amide bonds. The van der Waals surface area contributed by atoms with Crippen LogP contribution in [0.1, 0.15) is 25.7 Å². The Hall–Kier alpha value is -0.580. The monoisotopic (exact) mass is 226 g/mol. The first-order valence-corrected chi connectivity index (χ1v) is 3.06. The average molecular weight is 227 g/mol. The molecule has 0 saturated carbocycles. The SMILES string of the molecule is Br.O=C(O)CCCCC(=O)O. The minimum atomic E-state index is -0.870. The first-order chi connectivity index (χ1) is 4.63. The number of aliphatic carboxylic acids is 2. The maximum absolute atomic E-state index is 9.90. The van der Waals surface area contributed by atoms with Gasteiger partial charge in [0.05, 0.1) is 0 Å². The van der Waals surface area contributed by atoms with Gasteiger partial charge in [-0.25, -0.2) is 0 Å². The highest BCUT2D eigenvalue weighted by molar-refractivity contribution is 8.93. The maximum atomic E-state index is 9.90. The van der Waals surface area contributed by atoms with E-state index in [1.54, 1.807) is 0 Å². The molecule has 0 aromatic heterocycles. The zero-order valence-corrected chi connectivity index (χ0v) is 7.66. The molecule has 0 atom stereocenters. The fourth-order valence-corrected chi connectivity index (χ4v) is 0.552. The van der Waals surface area contributed by atoms with Crippen LogP contribution in [0, 0.1) is 0 Å². The number of hydrogen-bond acceptors (Lipinski definition) is 2. The maximum Gasteiger partial charge on any atom is 0.303 e. The summed E-state index contributed by atoms with van der Waals surface area (Å²) >= 11 is 0. The number of rotatable bonds is 5. The molecular weight excluding hydrogens is 216 g/mol. The predicted octanol–water partition coefficient (Wildman–Crippen LogP) is 1.29. The molecule has 0 aliphatic heterocycles. The van der Waals surface area contributed by atoms with Crippen molar-refractivity contribution >= 4 is 28.9 Å². The van der Waals surface area contributed by atoms with Crippen LogP contribution < -0.4 is 0 Å². The summed E-state index contributed by atoms with van der Waals surface area (Å²) in [6.07, 6.45) is 1.02. The Morgan fingerprint density at radius 2 is 1.18 bits per heavy atom. The van der Waals surface area contributed by atoms with Crippen molar-refractivity contribution in [2.75, 3.05) is 0 Å². The molecule has 5 heteroatoms. The normalized spacial score (nSPS) is 8.36. The van der Waals surface area contributed by atoms with Crippen LogP contribution in [0.2, 0.25) is 0 Å². The Labute approximate surface area is 75.0 Å². The third-order valence-electron chi connectivity index (χ3n) is 1.03. The highest BCUT2D eigenvalue weighted by atomic mass is 79.9. The van der Waals surface area contributed by atoms with Gasteiger partial charge in [-0.2, -0.15) is 0 Å². The zero-order valence-electron chi connectivity index (χ0n) is 5.95. The van der Waals surface area contributed by atoms with E-state index in [1.165, 1.54) is 0 Å². The molecular formula is C6H11BrO4. The molecule has 0 radical (unpaired) electrons. The van der Waals surface area contributed by atoms with Crippen LogP contribution in [-0.2, 0) is 9.59 Å². The van der Waals surface area contributed by atoms with E-state index in [0.29, 0.717) is 12.8 Å². The Morgan fingerprint density at radius 3 is 1.36 bits per heavy atom. The van der Waals surface area contributed by atoms with Crippen molar-refractivity contribution < 1.29 is 19.8 Å². The quantitative estimate of drug-likeness (QED) is 0.694. The third-order valence-corrected chi connectivity index (χ3v) is 1.03. The Bertz CT molecular complexity index is 119. The Morgan fingerprint density at radius 1 is 0.909 bits per heavy atom. The van der Waals surface area contributed by atoms with Crippen LogP contribution in [0.4, 0.5) is 0 Å². The largest absolute Gasteiger partial charge is 0.481 e. The Kier molecular flexibility index (Phi) is 8.92. The van der Waals surface area contributed by atoms with Gasteiger partial charge in [0.25, 0.3) is 0 Å². The number of carboxylic acids is 2. The highest BCUT2D eigenvalue weighted by Gasteiger charge is 1.99. The van der Waals surface area contributed by atoms with Gasteiger partial charge in [-0.15, -0.1) is 17.0 Å². The van der Waals surface area contributed by atoms with Gasteiger partial charge in [-0.1, -0.05) is 0 Å². The van der Waals surface area contributed by atoms with Gasteiger partial charge < -0.3 is 10.2 Å². The van der Waals surface area contributed by atoms with E-state index in [0.717, 1.165) is 0 Å². The molecule has 0 fully saturated rings. The number of halogens is 1. The second kappa shape index (κ2) is 7.53. The molecule has 0 unspecified atom stereocenters. The van der Waals surface area contributed by atoms with E-state index in [4.69, 9.17) is 10.2 Å². The first-order valence-electron chi connectivity index (χ1n) is 3.06. The second-order valence-corrected chi connectivity index (χ2v) is 1.99. The van der Waals surface area contributed by atoms with Crippen LogP contribution in [0.3, 0.4) is 0 Å². The zero-order chi connectivity index (χ0) is 7.98. The van der Waals surface area contributed by atoms with E-state index < -0.39 is 11.9 Å². The van der Waals surface area contributed by atoms with Crippen LogP contribution >= 0.6 is 17.0 Å². The van der Waals surface area contributed by atoms with Crippen molar-refractivity contribution in [1.82, 2.24) is 0 Å². The smallest absolute Gasteiger partial charge is 0.303 e. The van der Waals surface area contributed by atoms with E-state index in [1.807, 2.05) is 0 Å². The van der Waals surface area contributed by atoms with Crippen LogP contribution in [0.25, 0.3) is 0 Å². The fourth-order valence-electron chi connectivity index (χ4n) is 0.552. The first kappa shape index (κ1) is 13.0. The molecule has 0 spiro atoms. The summed E-state index contributed by atoms with van der Waals surface area (Å²) < 4.78 is 0. The second-order valence-electron chi connectivity index (χ2n) is 1.99. The molecule has 0 saturated heterocycles. The lowest BCUT2D eigenvalue weighted by atomic mass is 10.2. The van der Waals surface area contributed by atoms with Gasteiger partial charge in [0.1, 0.15) is 0 Å². The minimum Gasteiger partial charge on any atom is -0.481 e. The lowest BCUT2D eigenvalue weighted by molar-refractivity contribution is -0.139. The van der Waals surface area contributed by atoms with Crippen molar-refractivity contribution in [3.8, 4) is 0 Å². The summed E-state index contributed by atoms with van der Waals surface area (Å²) in [6.45, 7) is 0. The van der Waals surface area contributed by atoms with Crippen LogP contribution in [0.5, 0.6) is 0 Å². The van der Waals surface area contributed by atoms with E-state index in [9.17, 15) is 9.59 Å². The predicted molar refractivity (Wildman–Crippen MR) is 44.1 cm³/mol. The molecule has 2 N–H and O–H groups in total. The molecule has 0 heterocycles. The molecule has 66 valence electrons. The fraction of sp³-hybridized carbons (Fsp3) is 0.667. The molecule has 0 aromatic rings. The van der Waals surface area contributed by atoms with Gasteiger partial charge >= 0.3 is 11.9 Å². The minimum absolute atomic E-state index is 0. The topological polar surface area (TPSA) is 74.6 Å². The van der Waals surface area contributed by atoms with Gasteiger partial charge in [-0.05, 0) is 12.8 Å². The van der Waals surface area contributed by atoms with Crippen LogP contribution in [0.15, 0.2) is 0 Å². The molecule has 0 bridgehead atoms. The average Bonchev–Trinajstić information content (AvgIpc) is 1.79. The molecule has 0 aromatic carbocycles. The lowest BCUT2D eigenvalue weighted by Crippen LogP contribution is -1.97. The van der Waals surface area contributed by atoms with Crippen molar-refractivity contribution in [2.45, 2.75) is 25.7 Å². The molecule has 0 aliphatic carbocycles. The molecule has 4 nitrogen and oxygen atoms in total. The lowest BCUT2D eigenvalue weighted by Gasteiger charge is -1.92. The number of unbranched alkanes of at least 4 members (excludes halogenated alkanes) is 1. The van der Waals surface area contributed by atoms with Gasteiger partial charge in [0, 0.05) is 12.8 Å². The van der Waals surface area contributed by atoms with Crippen molar-refractivity contribution in [3.63, 3.8) is 0 Å². The molecule has 0 aliphatic rings. The van der Waals surface area contributed by atoms with Gasteiger partial charge in [0.15, 0.2) is 0 Å². The van der Waals surface area contributed by atoms with Crippen molar-refractivity contribution in [1.29, 1.82) is 0 Å². The number of carbonyl (C=O) groups is 2. The van der Waals surface area contributed by atoms with Crippen LogP contribution in [-0.4, -0.2) is 22.2 Å². The summed E-state index contributed by atoms with van der Waals surface area (Å²) in [7, 11) is 0. The Balaban J connectivity index is 0. The molecule has 11 heavy (non-hydrogen) atoms. The third kappa shape index (κ3) is 12.6. The summed E-state index contributed by atoms with van der Waals surface area (Å²) in [5, 5.41) is 16.3. The summed E-state index contributed by atoms with van der Waals surface area (Å²) in [5.74, 6) is -1.74. The van der Waals surface area contributed by atoms with Gasteiger partial charge in [0.2, 0.25) is 0 Å². The van der Waals surface area contributed by atoms with E-state index >= 15 is 0 Å². The van der Waals surface area contributed by atoms with E-state index in [2.05, 4.69) is 0 Å². The van der Waals surface area contributed by atoms with Crippen molar-refractivity contribution in [3.05, 3.63) is 0 Å². The van der Waals surface area contributed by atoms with Crippen molar-refractivity contribution in [2.24, 2.45) is 0 Å². The van der Waals surface area contributed by atoms with E-state index in [-0.39, 0.29) is 29.8 Å². The summed E-state index contributed by atoms with van der Waals surface area (Å²) in [5.41, 5.74) is 0. The summed E-state index contributed by atoms with van der Waals surface area (Å²) in [6, 6.07) is 0. The standard InChI is InChI=1S/C6H10O4.BrH/c7-5(8)3-1-2-4-6(9)10;/h1-4H2,(H,7,8)(H,9,10);1H. The van der Waals surface area contributed by atoms with Gasteiger partial charge in [-0.3, -0.25) is 9.59 Å². The number of carboxylic acid groups (broad SMARTS) is 2. The highest BCUT2D eigenvalue weighted by Crippen LogP contribution is 1.98.